The molecule has 0 unspecified atom stereocenters. The molecular weight excluding hydrogens is 230 g/mol. The van der Waals surface area contributed by atoms with Crippen molar-refractivity contribution >= 4 is 23.3 Å². The van der Waals surface area contributed by atoms with Crippen LogP contribution in [0.5, 0.6) is 0 Å². The first-order chi connectivity index (χ1) is 7.66. The molecule has 0 fully saturated rings. The lowest BCUT2D eigenvalue weighted by atomic mass is 10.3. The molecule has 0 aliphatic carbocycles. The van der Waals surface area contributed by atoms with E-state index in [1.165, 1.54) is 12.3 Å². The number of rotatable bonds is 2. The maximum Gasteiger partial charge on any atom is 0.295 e. The van der Waals surface area contributed by atoms with Crippen LogP contribution in [0.2, 0.25) is 5.02 Å². The van der Waals surface area contributed by atoms with Gasteiger partial charge >= 0.3 is 0 Å². The number of hydrogen-bond acceptors (Lipinski definition) is 4. The Morgan fingerprint density at radius 1 is 1.56 bits per heavy atom. The van der Waals surface area contributed by atoms with Crippen LogP contribution in [0, 0.1) is 6.92 Å². The molecule has 0 radical (unpaired) electrons. The zero-order valence-electron chi connectivity index (χ0n) is 8.40. The number of nitrogens with one attached hydrogen (secondary N) is 1. The lowest BCUT2D eigenvalue weighted by Gasteiger charge is -2.02. The summed E-state index contributed by atoms with van der Waals surface area (Å²) in [4.78, 5) is 15.6. The first kappa shape index (κ1) is 10.6. The standard InChI is InChI=1S/C10H8ClN3O2/c1-6-5-8(16-14-6)10(15)13-9-7(11)3-2-4-12-9/h2-5H,1H3,(H,12,13,15). The van der Waals surface area contributed by atoms with Crippen LogP contribution in [0.4, 0.5) is 5.82 Å². The highest BCUT2D eigenvalue weighted by atomic mass is 35.5. The summed E-state index contributed by atoms with van der Waals surface area (Å²) in [6.07, 6.45) is 1.53. The number of anilines is 1. The third-order valence-electron chi connectivity index (χ3n) is 1.84. The van der Waals surface area contributed by atoms with E-state index in [-0.39, 0.29) is 5.76 Å². The second-order valence-electron chi connectivity index (χ2n) is 3.12. The molecule has 5 nitrogen and oxygen atoms in total. The number of aromatic nitrogens is 2. The van der Waals surface area contributed by atoms with Crippen LogP contribution in [-0.2, 0) is 0 Å². The molecule has 0 atom stereocenters. The quantitative estimate of drug-likeness (QED) is 0.870. The minimum absolute atomic E-state index is 0.124. The van der Waals surface area contributed by atoms with Crippen LogP contribution in [0.3, 0.4) is 0 Å². The summed E-state index contributed by atoms with van der Waals surface area (Å²) < 4.78 is 4.81. The van der Waals surface area contributed by atoms with E-state index in [0.717, 1.165) is 0 Å². The molecule has 16 heavy (non-hydrogen) atoms. The number of nitrogens with zero attached hydrogens (tertiary/aromatic N) is 2. The number of carbonyl (C=O) groups excluding carboxylic acids is 1. The molecule has 0 saturated carbocycles. The van der Waals surface area contributed by atoms with Gasteiger partial charge in [-0.2, -0.15) is 0 Å². The van der Waals surface area contributed by atoms with Crippen molar-refractivity contribution in [2.75, 3.05) is 5.32 Å². The average molecular weight is 238 g/mol. The summed E-state index contributed by atoms with van der Waals surface area (Å²) in [6.45, 7) is 1.73. The van der Waals surface area contributed by atoms with Gasteiger partial charge in [-0.3, -0.25) is 4.79 Å². The van der Waals surface area contributed by atoms with Crippen molar-refractivity contribution in [2.24, 2.45) is 0 Å². The molecule has 2 aromatic rings. The molecular formula is C10H8ClN3O2. The molecule has 2 rings (SSSR count). The lowest BCUT2D eigenvalue weighted by molar-refractivity contribution is 0.0987. The molecule has 0 aromatic carbocycles. The SMILES string of the molecule is Cc1cc(C(=O)Nc2ncccc2Cl)on1. The van der Waals surface area contributed by atoms with Gasteiger partial charge in [0.25, 0.3) is 5.91 Å². The van der Waals surface area contributed by atoms with Gasteiger partial charge < -0.3 is 9.84 Å². The molecule has 0 bridgehead atoms. The molecule has 0 spiro atoms. The Balaban J connectivity index is 2.17. The number of amides is 1. The normalized spacial score (nSPS) is 10.1. The second-order valence-corrected chi connectivity index (χ2v) is 3.53. The van der Waals surface area contributed by atoms with E-state index in [9.17, 15) is 4.79 Å². The zero-order chi connectivity index (χ0) is 11.5. The number of halogens is 1. The van der Waals surface area contributed by atoms with E-state index in [2.05, 4.69) is 15.5 Å². The van der Waals surface area contributed by atoms with Gasteiger partial charge in [0.2, 0.25) is 5.76 Å². The molecule has 2 heterocycles. The fraction of sp³-hybridized carbons (Fsp3) is 0.100. The van der Waals surface area contributed by atoms with Crippen LogP contribution in [0.25, 0.3) is 0 Å². The molecule has 2 aromatic heterocycles. The third kappa shape index (κ3) is 2.20. The van der Waals surface area contributed by atoms with Gasteiger partial charge in [-0.1, -0.05) is 16.8 Å². The van der Waals surface area contributed by atoms with Gasteiger partial charge in [-0.15, -0.1) is 0 Å². The molecule has 1 N–H and O–H groups in total. The first-order valence-electron chi connectivity index (χ1n) is 4.52. The van der Waals surface area contributed by atoms with Gasteiger partial charge in [0.15, 0.2) is 5.82 Å². The minimum atomic E-state index is -0.429. The Labute approximate surface area is 96.4 Å². The lowest BCUT2D eigenvalue weighted by Crippen LogP contribution is -2.12. The molecule has 0 aliphatic rings. The highest BCUT2D eigenvalue weighted by Gasteiger charge is 2.13. The van der Waals surface area contributed by atoms with Gasteiger partial charge in [-0.05, 0) is 19.1 Å². The monoisotopic (exact) mass is 237 g/mol. The Bertz CT molecular complexity index is 524. The van der Waals surface area contributed by atoms with Crippen molar-refractivity contribution in [2.45, 2.75) is 6.92 Å². The van der Waals surface area contributed by atoms with Crippen molar-refractivity contribution < 1.29 is 9.32 Å². The predicted octanol–water partition coefficient (Wildman–Crippen LogP) is 2.28. The van der Waals surface area contributed by atoms with E-state index in [4.69, 9.17) is 16.1 Å². The van der Waals surface area contributed by atoms with Crippen LogP contribution < -0.4 is 5.32 Å². The van der Waals surface area contributed by atoms with Crippen LogP contribution >= 0.6 is 11.6 Å². The summed E-state index contributed by atoms with van der Waals surface area (Å²) in [5.41, 5.74) is 0.636. The van der Waals surface area contributed by atoms with Crippen LogP contribution in [-0.4, -0.2) is 16.0 Å². The van der Waals surface area contributed by atoms with Crippen LogP contribution in [0.15, 0.2) is 28.9 Å². The van der Waals surface area contributed by atoms with E-state index < -0.39 is 5.91 Å². The minimum Gasteiger partial charge on any atom is -0.351 e. The summed E-state index contributed by atoms with van der Waals surface area (Å²) >= 11 is 5.84. The zero-order valence-corrected chi connectivity index (χ0v) is 9.15. The maximum atomic E-state index is 11.6. The highest BCUT2D eigenvalue weighted by Crippen LogP contribution is 2.18. The summed E-state index contributed by atoms with van der Waals surface area (Å²) in [7, 11) is 0. The molecule has 0 aliphatic heterocycles. The van der Waals surface area contributed by atoms with Crippen molar-refractivity contribution in [1.82, 2.24) is 10.1 Å². The van der Waals surface area contributed by atoms with E-state index in [1.807, 2.05) is 0 Å². The Morgan fingerprint density at radius 2 is 2.38 bits per heavy atom. The summed E-state index contributed by atoms with van der Waals surface area (Å²) in [6, 6.07) is 4.85. The van der Waals surface area contributed by atoms with Gasteiger partial charge in [-0.25, -0.2) is 4.98 Å². The molecule has 82 valence electrons. The van der Waals surface area contributed by atoms with Crippen molar-refractivity contribution in [3.05, 3.63) is 40.9 Å². The Kier molecular flexibility index (Phi) is 2.87. The van der Waals surface area contributed by atoms with Crippen LogP contribution in [0.1, 0.15) is 16.2 Å². The van der Waals surface area contributed by atoms with Crippen molar-refractivity contribution in [3.8, 4) is 0 Å². The van der Waals surface area contributed by atoms with E-state index >= 15 is 0 Å². The third-order valence-corrected chi connectivity index (χ3v) is 2.15. The summed E-state index contributed by atoms with van der Waals surface area (Å²) in [5, 5.41) is 6.50. The number of hydrogen-bond donors (Lipinski definition) is 1. The molecule has 0 saturated heterocycles. The number of pyridine rings is 1. The van der Waals surface area contributed by atoms with Gasteiger partial charge in [0.1, 0.15) is 0 Å². The Morgan fingerprint density at radius 3 is 3.00 bits per heavy atom. The highest BCUT2D eigenvalue weighted by molar-refractivity contribution is 6.33. The Hall–Kier alpha value is -1.88. The van der Waals surface area contributed by atoms with E-state index in [1.54, 1.807) is 19.1 Å². The van der Waals surface area contributed by atoms with Gasteiger partial charge in [0.05, 0.1) is 10.7 Å². The predicted molar refractivity (Wildman–Crippen MR) is 58.4 cm³/mol. The largest absolute Gasteiger partial charge is 0.351 e. The maximum absolute atomic E-state index is 11.6. The second kappa shape index (κ2) is 4.32. The summed E-state index contributed by atoms with van der Waals surface area (Å²) in [5.74, 6) is -0.0105. The number of carbonyl (C=O) groups is 1. The van der Waals surface area contributed by atoms with Crippen molar-refractivity contribution in [3.63, 3.8) is 0 Å². The first-order valence-corrected chi connectivity index (χ1v) is 4.90. The fourth-order valence-corrected chi connectivity index (χ4v) is 1.29. The average Bonchev–Trinajstić information content (AvgIpc) is 2.68. The topological polar surface area (TPSA) is 68.0 Å². The smallest absolute Gasteiger partial charge is 0.295 e. The number of aryl methyl sites for hydroxylation is 1. The van der Waals surface area contributed by atoms with E-state index in [0.29, 0.717) is 16.5 Å². The molecule has 6 heteroatoms. The van der Waals surface area contributed by atoms with Gasteiger partial charge in [0, 0.05) is 12.3 Å². The van der Waals surface area contributed by atoms with Crippen molar-refractivity contribution in [1.29, 1.82) is 0 Å². The molecule has 1 amide bonds. The fourth-order valence-electron chi connectivity index (χ4n) is 1.12.